The highest BCUT2D eigenvalue weighted by molar-refractivity contribution is 6.35. The third-order valence-corrected chi connectivity index (χ3v) is 4.37. The van der Waals surface area contributed by atoms with Crippen LogP contribution < -0.4 is 10.9 Å². The van der Waals surface area contributed by atoms with Gasteiger partial charge >= 0.3 is 17.2 Å². The van der Waals surface area contributed by atoms with E-state index < -0.39 is 40.6 Å². The number of carbonyl (C=O) groups excluding carboxylic acids is 2. The van der Waals surface area contributed by atoms with Crippen LogP contribution in [0.15, 0.2) is 35.3 Å². The van der Waals surface area contributed by atoms with Crippen LogP contribution in [-0.4, -0.2) is 28.5 Å². The maximum Gasteiger partial charge on any atom is 0.339 e. The van der Waals surface area contributed by atoms with E-state index in [1.165, 1.54) is 6.07 Å². The Labute approximate surface area is 169 Å². The second kappa shape index (κ2) is 8.85. The molecule has 2 aromatic rings. The number of halogens is 2. The SMILES string of the molecule is COC(=O)c1cc([N+](=O)[O-])c(=O)n(CC(=O)N[C@@H](C)c2ccc(Cl)cc2Cl)c1. The number of carbonyl (C=O) groups is 2. The molecule has 0 saturated carbocycles. The van der Waals surface area contributed by atoms with Gasteiger partial charge in [0.15, 0.2) is 0 Å². The minimum Gasteiger partial charge on any atom is -0.465 e. The number of benzene rings is 1. The number of pyridine rings is 1. The van der Waals surface area contributed by atoms with Gasteiger partial charge in [-0.1, -0.05) is 29.3 Å². The van der Waals surface area contributed by atoms with E-state index in [9.17, 15) is 24.5 Å². The van der Waals surface area contributed by atoms with Crippen LogP contribution in [0.5, 0.6) is 0 Å². The van der Waals surface area contributed by atoms with Crippen molar-refractivity contribution in [2.75, 3.05) is 7.11 Å². The summed E-state index contributed by atoms with van der Waals surface area (Å²) in [5.41, 5.74) is -1.49. The maximum absolute atomic E-state index is 12.3. The molecule has 0 radical (unpaired) electrons. The Bertz CT molecular complexity index is 1000. The Hall–Kier alpha value is -2.91. The molecule has 0 aliphatic heterocycles. The molecule has 1 N–H and O–H groups in total. The molecule has 1 aromatic carbocycles. The first-order chi connectivity index (χ1) is 13.1. The van der Waals surface area contributed by atoms with Gasteiger partial charge in [-0.3, -0.25) is 24.3 Å². The Kier molecular flexibility index (Phi) is 6.76. The van der Waals surface area contributed by atoms with Crippen molar-refractivity contribution in [1.82, 2.24) is 9.88 Å². The molecule has 1 atom stereocenters. The minimum atomic E-state index is -1.02. The van der Waals surface area contributed by atoms with E-state index in [1.807, 2.05) is 0 Å². The van der Waals surface area contributed by atoms with Gasteiger partial charge in [0.1, 0.15) is 6.54 Å². The number of ether oxygens (including phenoxy) is 1. The molecule has 2 rings (SSSR count). The maximum atomic E-state index is 12.3. The Balaban J connectivity index is 2.27. The van der Waals surface area contributed by atoms with E-state index in [0.717, 1.165) is 23.9 Å². The number of nitrogens with zero attached hydrogens (tertiary/aromatic N) is 2. The average molecular weight is 428 g/mol. The number of hydrogen-bond donors (Lipinski definition) is 1. The lowest BCUT2D eigenvalue weighted by molar-refractivity contribution is -0.386. The molecule has 0 aliphatic rings. The van der Waals surface area contributed by atoms with E-state index in [-0.39, 0.29) is 5.56 Å². The van der Waals surface area contributed by atoms with Crippen LogP contribution in [0.2, 0.25) is 10.0 Å². The highest BCUT2D eigenvalue weighted by Crippen LogP contribution is 2.26. The van der Waals surface area contributed by atoms with Crippen molar-refractivity contribution >= 4 is 40.8 Å². The topological polar surface area (TPSA) is 121 Å². The van der Waals surface area contributed by atoms with E-state index in [4.69, 9.17) is 23.2 Å². The van der Waals surface area contributed by atoms with Crippen molar-refractivity contribution < 1.29 is 19.2 Å². The fourth-order valence-electron chi connectivity index (χ4n) is 2.47. The average Bonchev–Trinajstić information content (AvgIpc) is 2.62. The first-order valence-electron chi connectivity index (χ1n) is 7.85. The smallest absolute Gasteiger partial charge is 0.339 e. The van der Waals surface area contributed by atoms with E-state index in [0.29, 0.717) is 15.6 Å². The highest BCUT2D eigenvalue weighted by atomic mass is 35.5. The Morgan fingerprint density at radius 1 is 1.32 bits per heavy atom. The van der Waals surface area contributed by atoms with Crippen molar-refractivity contribution in [2.24, 2.45) is 0 Å². The molecule has 0 saturated heterocycles. The van der Waals surface area contributed by atoms with Crippen LogP contribution in [0.1, 0.15) is 28.9 Å². The first-order valence-corrected chi connectivity index (χ1v) is 8.61. The highest BCUT2D eigenvalue weighted by Gasteiger charge is 2.22. The van der Waals surface area contributed by atoms with Gasteiger partial charge in [-0.15, -0.1) is 0 Å². The quantitative estimate of drug-likeness (QED) is 0.429. The van der Waals surface area contributed by atoms with Crippen LogP contribution in [0, 0.1) is 10.1 Å². The lowest BCUT2D eigenvalue weighted by Gasteiger charge is -2.16. The van der Waals surface area contributed by atoms with Gasteiger partial charge in [0.25, 0.3) is 0 Å². The molecule has 0 spiro atoms. The normalized spacial score (nSPS) is 11.6. The van der Waals surface area contributed by atoms with Crippen molar-refractivity contribution in [3.8, 4) is 0 Å². The summed E-state index contributed by atoms with van der Waals surface area (Å²) in [5.74, 6) is -1.49. The van der Waals surface area contributed by atoms with E-state index in [1.54, 1.807) is 19.1 Å². The van der Waals surface area contributed by atoms with Crippen molar-refractivity contribution in [1.29, 1.82) is 0 Å². The summed E-state index contributed by atoms with van der Waals surface area (Å²) >= 11 is 11.9. The summed E-state index contributed by atoms with van der Waals surface area (Å²) < 4.78 is 5.29. The molecule has 11 heteroatoms. The largest absolute Gasteiger partial charge is 0.465 e. The zero-order chi connectivity index (χ0) is 21.0. The molecule has 0 bridgehead atoms. The molecule has 0 unspecified atom stereocenters. The summed E-state index contributed by atoms with van der Waals surface area (Å²) in [7, 11) is 1.09. The zero-order valence-electron chi connectivity index (χ0n) is 14.8. The predicted octanol–water partition coefficient (Wildman–Crippen LogP) is 2.73. The predicted molar refractivity (Wildman–Crippen MR) is 102 cm³/mol. The van der Waals surface area contributed by atoms with Gasteiger partial charge in [-0.05, 0) is 24.6 Å². The summed E-state index contributed by atoms with van der Waals surface area (Å²) in [6.07, 6.45) is 1.03. The Morgan fingerprint density at radius 2 is 2.00 bits per heavy atom. The minimum absolute atomic E-state index is 0.226. The second-order valence-electron chi connectivity index (χ2n) is 5.75. The van der Waals surface area contributed by atoms with E-state index in [2.05, 4.69) is 10.1 Å². The van der Waals surface area contributed by atoms with Gasteiger partial charge in [0.05, 0.1) is 23.6 Å². The van der Waals surface area contributed by atoms with Crippen LogP contribution in [0.25, 0.3) is 0 Å². The van der Waals surface area contributed by atoms with Crippen molar-refractivity contribution in [3.05, 3.63) is 72.1 Å². The van der Waals surface area contributed by atoms with Crippen LogP contribution >= 0.6 is 23.2 Å². The molecule has 28 heavy (non-hydrogen) atoms. The number of amides is 1. The third-order valence-electron chi connectivity index (χ3n) is 3.81. The molecule has 148 valence electrons. The number of methoxy groups -OCH3 is 1. The van der Waals surface area contributed by atoms with Crippen molar-refractivity contribution in [3.63, 3.8) is 0 Å². The third kappa shape index (κ3) is 4.87. The fourth-order valence-corrected chi connectivity index (χ4v) is 3.04. The molecular weight excluding hydrogens is 413 g/mol. The van der Waals surface area contributed by atoms with Gasteiger partial charge < -0.3 is 10.1 Å². The van der Waals surface area contributed by atoms with Gasteiger partial charge in [0.2, 0.25) is 5.91 Å². The number of aromatic nitrogens is 1. The van der Waals surface area contributed by atoms with Gasteiger partial charge in [0, 0.05) is 22.3 Å². The number of hydrogen-bond acceptors (Lipinski definition) is 6. The van der Waals surface area contributed by atoms with Crippen LogP contribution in [0.4, 0.5) is 5.69 Å². The van der Waals surface area contributed by atoms with Crippen LogP contribution in [-0.2, 0) is 16.1 Å². The number of rotatable bonds is 6. The molecule has 1 aromatic heterocycles. The molecule has 9 nitrogen and oxygen atoms in total. The van der Waals surface area contributed by atoms with E-state index >= 15 is 0 Å². The standard InChI is InChI=1S/C17H15Cl2N3O6/c1-9(12-4-3-11(18)6-13(12)19)20-15(23)8-21-7-10(17(25)28-2)5-14(16(21)24)22(26)27/h3-7,9H,8H2,1-2H3,(H,20,23)/t9-/m0/s1. The lowest BCUT2D eigenvalue weighted by Crippen LogP contribution is -2.34. The molecule has 1 heterocycles. The molecular formula is C17H15Cl2N3O6. The van der Waals surface area contributed by atoms with Crippen molar-refractivity contribution in [2.45, 2.75) is 19.5 Å². The fraction of sp³-hybridized carbons (Fsp3) is 0.235. The monoisotopic (exact) mass is 427 g/mol. The zero-order valence-corrected chi connectivity index (χ0v) is 16.3. The van der Waals surface area contributed by atoms with Crippen LogP contribution in [0.3, 0.4) is 0 Å². The number of esters is 1. The summed E-state index contributed by atoms with van der Waals surface area (Å²) in [6.45, 7) is 1.13. The Morgan fingerprint density at radius 3 is 2.57 bits per heavy atom. The summed E-state index contributed by atoms with van der Waals surface area (Å²) in [4.78, 5) is 46.4. The molecule has 0 fully saturated rings. The van der Waals surface area contributed by atoms with Gasteiger partial charge in [-0.2, -0.15) is 0 Å². The summed E-state index contributed by atoms with van der Waals surface area (Å²) in [6, 6.07) is 5.06. The number of nitro groups is 1. The second-order valence-corrected chi connectivity index (χ2v) is 6.59. The first kappa shape index (κ1) is 21.4. The number of nitrogens with one attached hydrogen (secondary N) is 1. The lowest BCUT2D eigenvalue weighted by atomic mass is 10.1. The molecule has 1 amide bonds. The molecule has 0 aliphatic carbocycles. The summed E-state index contributed by atoms with van der Waals surface area (Å²) in [5, 5.41) is 14.5. The van der Waals surface area contributed by atoms with Gasteiger partial charge in [-0.25, -0.2) is 4.79 Å².